The highest BCUT2D eigenvalue weighted by Gasteiger charge is 2.29. The summed E-state index contributed by atoms with van der Waals surface area (Å²) in [5.41, 5.74) is 5.20. The number of anilines is 3. The standard InChI is InChI=1S/C9H15N5O3.H2O4S/c1-3(15)6(16)4-2-11-7-5(12-4)8(17)14-9(10)13-7;1-5(2,3)4/h3-4,6,12,15-16H,2H2,1H3,(H4,10,11,13,14,17);(H2,1,2,3,4)/t3-,4+,6-;/m1./s1. The molecule has 0 aliphatic carbocycles. The normalized spacial score (nSPS) is 19.6. The number of hydrogen-bond acceptors (Lipinski definition) is 9. The molecular formula is C9H17N5O7S. The van der Waals surface area contributed by atoms with Gasteiger partial charge in [-0.05, 0) is 6.92 Å². The number of hydrogen-bond donors (Lipinski definition) is 8. The minimum atomic E-state index is -4.67. The van der Waals surface area contributed by atoms with Crippen LogP contribution in [0.2, 0.25) is 0 Å². The molecule has 13 heteroatoms. The van der Waals surface area contributed by atoms with E-state index in [1.807, 2.05) is 0 Å². The molecule has 12 nitrogen and oxygen atoms in total. The number of aliphatic hydroxyl groups is 2. The van der Waals surface area contributed by atoms with Crippen molar-refractivity contribution in [3.05, 3.63) is 10.4 Å². The highest BCUT2D eigenvalue weighted by Crippen LogP contribution is 2.21. The van der Waals surface area contributed by atoms with Crippen LogP contribution in [0.5, 0.6) is 0 Å². The van der Waals surface area contributed by atoms with Gasteiger partial charge in [0, 0.05) is 6.54 Å². The molecule has 0 unspecified atom stereocenters. The monoisotopic (exact) mass is 339 g/mol. The minimum Gasteiger partial charge on any atom is -0.391 e. The number of nitrogens with two attached hydrogens (primary N) is 1. The van der Waals surface area contributed by atoms with Crippen LogP contribution in [0.4, 0.5) is 17.5 Å². The number of aromatic nitrogens is 2. The van der Waals surface area contributed by atoms with Gasteiger partial charge < -0.3 is 26.6 Å². The van der Waals surface area contributed by atoms with Crippen LogP contribution in [0, 0.1) is 0 Å². The first kappa shape index (κ1) is 18.1. The second-order valence-corrected chi connectivity index (χ2v) is 5.38. The van der Waals surface area contributed by atoms with E-state index in [1.54, 1.807) is 0 Å². The fourth-order valence-electron chi connectivity index (χ4n) is 1.74. The van der Waals surface area contributed by atoms with Gasteiger partial charge in [0.15, 0.2) is 5.82 Å². The van der Waals surface area contributed by atoms with Gasteiger partial charge in [0.2, 0.25) is 5.95 Å². The summed E-state index contributed by atoms with van der Waals surface area (Å²) in [7, 11) is -4.67. The summed E-state index contributed by atoms with van der Waals surface area (Å²) < 4.78 is 31.6. The molecule has 0 spiro atoms. The summed E-state index contributed by atoms with van der Waals surface area (Å²) >= 11 is 0. The van der Waals surface area contributed by atoms with E-state index < -0.39 is 34.2 Å². The van der Waals surface area contributed by atoms with E-state index in [0.717, 1.165) is 0 Å². The van der Waals surface area contributed by atoms with Crippen LogP contribution in [0.15, 0.2) is 4.79 Å². The van der Waals surface area contributed by atoms with Crippen molar-refractivity contribution >= 4 is 27.9 Å². The molecular weight excluding hydrogens is 322 g/mol. The molecule has 9 N–H and O–H groups in total. The first-order valence-corrected chi connectivity index (χ1v) is 7.35. The molecule has 0 saturated heterocycles. The topological polar surface area (TPSA) is 211 Å². The molecule has 22 heavy (non-hydrogen) atoms. The number of nitrogens with one attached hydrogen (secondary N) is 3. The molecule has 0 amide bonds. The van der Waals surface area contributed by atoms with Crippen LogP contribution >= 0.6 is 0 Å². The smallest absolute Gasteiger partial charge is 0.391 e. The van der Waals surface area contributed by atoms with Crippen molar-refractivity contribution in [1.29, 1.82) is 0 Å². The summed E-state index contributed by atoms with van der Waals surface area (Å²) in [6.07, 6.45) is -1.87. The van der Waals surface area contributed by atoms with Crippen LogP contribution in [0.3, 0.4) is 0 Å². The highest BCUT2D eigenvalue weighted by molar-refractivity contribution is 7.79. The van der Waals surface area contributed by atoms with Crippen LogP contribution in [0.25, 0.3) is 0 Å². The summed E-state index contributed by atoms with van der Waals surface area (Å²) in [5.74, 6) is 0.373. The predicted molar refractivity (Wildman–Crippen MR) is 77.0 cm³/mol. The molecule has 1 aliphatic rings. The van der Waals surface area contributed by atoms with Crippen molar-refractivity contribution in [1.82, 2.24) is 9.97 Å². The van der Waals surface area contributed by atoms with Gasteiger partial charge in [-0.15, -0.1) is 0 Å². The fourth-order valence-corrected chi connectivity index (χ4v) is 1.74. The number of nitrogen functional groups attached to an aromatic ring is 1. The second-order valence-electron chi connectivity index (χ2n) is 4.49. The number of H-pyrrole nitrogens is 1. The van der Waals surface area contributed by atoms with Gasteiger partial charge in [-0.1, -0.05) is 0 Å². The Kier molecular flexibility index (Phi) is 5.67. The lowest BCUT2D eigenvalue weighted by Crippen LogP contribution is -2.48. The average molecular weight is 339 g/mol. The summed E-state index contributed by atoms with van der Waals surface area (Å²) in [4.78, 5) is 17.9. The Labute approximate surface area is 125 Å². The van der Waals surface area contributed by atoms with Gasteiger partial charge in [-0.25, -0.2) is 0 Å². The molecule has 0 fully saturated rings. The van der Waals surface area contributed by atoms with Gasteiger partial charge in [0.1, 0.15) is 11.8 Å². The van der Waals surface area contributed by atoms with E-state index in [4.69, 9.17) is 23.3 Å². The van der Waals surface area contributed by atoms with Crippen molar-refractivity contribution in [3.8, 4) is 0 Å². The lowest BCUT2D eigenvalue weighted by molar-refractivity contribution is 0.0214. The zero-order valence-electron chi connectivity index (χ0n) is 11.4. The van der Waals surface area contributed by atoms with E-state index in [9.17, 15) is 15.0 Å². The van der Waals surface area contributed by atoms with Crippen molar-refractivity contribution < 1.29 is 27.7 Å². The SMILES string of the molecule is C[C@@H](O)[C@@H](O)[C@@H]1CNc2nc(N)[nH]c(=O)c2N1.O=S(=O)(O)O. The maximum Gasteiger partial charge on any atom is 0.394 e. The lowest BCUT2D eigenvalue weighted by atomic mass is 10.0. The van der Waals surface area contributed by atoms with E-state index in [0.29, 0.717) is 12.4 Å². The summed E-state index contributed by atoms with van der Waals surface area (Å²) in [6.45, 7) is 1.82. The van der Waals surface area contributed by atoms with Gasteiger partial charge in [-0.3, -0.25) is 18.9 Å². The van der Waals surface area contributed by atoms with E-state index in [-0.39, 0.29) is 11.6 Å². The second kappa shape index (κ2) is 6.89. The summed E-state index contributed by atoms with van der Waals surface area (Å²) in [5, 5.41) is 24.7. The maximum absolute atomic E-state index is 11.6. The van der Waals surface area contributed by atoms with Crippen LogP contribution in [-0.2, 0) is 10.4 Å². The Morgan fingerprint density at radius 2 is 1.91 bits per heavy atom. The molecule has 3 atom stereocenters. The average Bonchev–Trinajstić information content (AvgIpc) is 2.35. The van der Waals surface area contributed by atoms with Gasteiger partial charge in [0.25, 0.3) is 5.56 Å². The van der Waals surface area contributed by atoms with Crippen LogP contribution in [0.1, 0.15) is 6.92 Å². The van der Waals surface area contributed by atoms with Crippen molar-refractivity contribution in [3.63, 3.8) is 0 Å². The third-order valence-corrected chi connectivity index (χ3v) is 2.66. The maximum atomic E-state index is 11.6. The first-order valence-electron chi connectivity index (χ1n) is 5.95. The van der Waals surface area contributed by atoms with Gasteiger partial charge >= 0.3 is 10.4 Å². The first-order chi connectivity index (χ1) is 9.99. The zero-order chi connectivity index (χ0) is 17.1. The van der Waals surface area contributed by atoms with Crippen molar-refractivity contribution in [2.75, 3.05) is 22.9 Å². The quantitative estimate of drug-likeness (QED) is 0.267. The molecule has 126 valence electrons. The van der Waals surface area contributed by atoms with Gasteiger partial charge in [0.05, 0.1) is 12.1 Å². The molecule has 0 aromatic carbocycles. The molecule has 1 aromatic rings. The number of aliphatic hydroxyl groups excluding tert-OH is 2. The molecule has 1 aliphatic heterocycles. The Morgan fingerprint density at radius 1 is 1.36 bits per heavy atom. The molecule has 0 saturated carbocycles. The van der Waals surface area contributed by atoms with E-state index >= 15 is 0 Å². The molecule has 2 heterocycles. The Bertz CT molecular complexity index is 665. The minimum absolute atomic E-state index is 0.0255. The largest absolute Gasteiger partial charge is 0.394 e. The van der Waals surface area contributed by atoms with E-state index in [1.165, 1.54) is 6.92 Å². The number of aromatic amines is 1. The Morgan fingerprint density at radius 3 is 2.41 bits per heavy atom. The zero-order valence-corrected chi connectivity index (χ0v) is 12.2. The molecule has 0 bridgehead atoms. The third-order valence-electron chi connectivity index (χ3n) is 2.66. The number of rotatable bonds is 2. The summed E-state index contributed by atoms with van der Waals surface area (Å²) in [6, 6.07) is -0.464. The number of fused-ring (bicyclic) bond motifs is 1. The van der Waals surface area contributed by atoms with E-state index in [2.05, 4.69) is 20.6 Å². The molecule has 2 rings (SSSR count). The van der Waals surface area contributed by atoms with Crippen molar-refractivity contribution in [2.24, 2.45) is 0 Å². The predicted octanol–water partition coefficient (Wildman–Crippen LogP) is -2.35. The highest BCUT2D eigenvalue weighted by atomic mass is 32.3. The lowest BCUT2D eigenvalue weighted by Gasteiger charge is -2.31. The van der Waals surface area contributed by atoms with Crippen molar-refractivity contribution in [2.45, 2.75) is 25.2 Å². The molecule has 0 radical (unpaired) electrons. The Balaban J connectivity index is 0.000000422. The van der Waals surface area contributed by atoms with Crippen LogP contribution in [-0.4, -0.2) is 62.5 Å². The van der Waals surface area contributed by atoms with Gasteiger partial charge in [-0.2, -0.15) is 13.4 Å². The third kappa shape index (κ3) is 5.45. The number of nitrogens with zero attached hydrogens (tertiary/aromatic N) is 1. The molecule has 1 aromatic heterocycles. The van der Waals surface area contributed by atoms with Crippen LogP contribution < -0.4 is 21.9 Å². The Hall–Kier alpha value is -1.93. The fraction of sp³-hybridized carbons (Fsp3) is 0.556.